The van der Waals surface area contributed by atoms with Crippen molar-refractivity contribution in [3.8, 4) is 0 Å². The molecule has 1 saturated carbocycles. The molecule has 1 aliphatic carbocycles. The Morgan fingerprint density at radius 3 is 3.06 bits per heavy atom. The van der Waals surface area contributed by atoms with Crippen molar-refractivity contribution < 1.29 is 0 Å². The number of nitrogens with one attached hydrogen (secondary N) is 1. The number of hydrogen-bond acceptors (Lipinski definition) is 5. The molecule has 4 rings (SSSR count). The minimum atomic E-state index is 0.558. The molecular weight excluding hydrogens is 246 g/mol. The third kappa shape index (κ3) is 1.89. The van der Waals surface area contributed by atoms with E-state index < -0.39 is 0 Å². The van der Waals surface area contributed by atoms with Crippen LogP contribution >= 0.6 is 11.3 Å². The summed E-state index contributed by atoms with van der Waals surface area (Å²) in [5.41, 5.74) is 1.03. The number of likely N-dealkylation sites (tertiary alicyclic amines) is 1. The van der Waals surface area contributed by atoms with Crippen LogP contribution in [0.5, 0.6) is 0 Å². The Kier molecular flexibility index (Phi) is 2.35. The zero-order valence-corrected chi connectivity index (χ0v) is 11.3. The van der Waals surface area contributed by atoms with Gasteiger partial charge in [-0.05, 0) is 26.2 Å². The molecule has 1 N–H and O–H groups in total. The van der Waals surface area contributed by atoms with Crippen molar-refractivity contribution in [3.63, 3.8) is 0 Å². The first-order chi connectivity index (χ1) is 8.78. The minimum absolute atomic E-state index is 0.558. The highest BCUT2D eigenvalue weighted by molar-refractivity contribution is 7.20. The molecule has 0 spiro atoms. The molecule has 5 nitrogen and oxygen atoms in total. The van der Waals surface area contributed by atoms with Crippen LogP contribution in [0.25, 0.3) is 4.96 Å². The van der Waals surface area contributed by atoms with Crippen LogP contribution in [0.4, 0.5) is 5.13 Å². The van der Waals surface area contributed by atoms with E-state index in [0.717, 1.165) is 21.8 Å². The van der Waals surface area contributed by atoms with Crippen molar-refractivity contribution in [2.45, 2.75) is 38.3 Å². The molecule has 6 heteroatoms. The van der Waals surface area contributed by atoms with Crippen LogP contribution in [0.1, 0.15) is 25.0 Å². The summed E-state index contributed by atoms with van der Waals surface area (Å²) >= 11 is 1.64. The fraction of sp³-hybridized carbons (Fsp3) is 0.667. The van der Waals surface area contributed by atoms with E-state index in [9.17, 15) is 0 Å². The summed E-state index contributed by atoms with van der Waals surface area (Å²) in [5, 5.41) is 9.08. The molecule has 0 radical (unpaired) electrons. The molecule has 0 aromatic carbocycles. The third-order valence-corrected chi connectivity index (χ3v) is 4.63. The van der Waals surface area contributed by atoms with Gasteiger partial charge in [-0.1, -0.05) is 11.3 Å². The second-order valence-corrected chi connectivity index (χ2v) is 6.33. The van der Waals surface area contributed by atoms with Gasteiger partial charge < -0.3 is 5.32 Å². The predicted octanol–water partition coefficient (Wildman–Crippen LogP) is 1.75. The second-order valence-electron chi connectivity index (χ2n) is 5.37. The van der Waals surface area contributed by atoms with Crippen molar-refractivity contribution in [2.24, 2.45) is 0 Å². The number of anilines is 1. The first kappa shape index (κ1) is 10.8. The van der Waals surface area contributed by atoms with E-state index in [1.807, 2.05) is 17.6 Å². The summed E-state index contributed by atoms with van der Waals surface area (Å²) in [5.74, 6) is 0. The maximum atomic E-state index is 4.53. The Bertz CT molecular complexity index is 539. The second kappa shape index (κ2) is 3.93. The van der Waals surface area contributed by atoms with Gasteiger partial charge in [-0.25, -0.2) is 9.50 Å². The van der Waals surface area contributed by atoms with Gasteiger partial charge in [-0.3, -0.25) is 4.90 Å². The maximum absolute atomic E-state index is 4.53. The van der Waals surface area contributed by atoms with Gasteiger partial charge in [0, 0.05) is 25.2 Å². The summed E-state index contributed by atoms with van der Waals surface area (Å²) in [6.07, 6.45) is 6.01. The molecule has 18 heavy (non-hydrogen) atoms. The number of rotatable bonds is 3. The van der Waals surface area contributed by atoms with Crippen LogP contribution in [0.15, 0.2) is 6.20 Å². The Labute approximate surface area is 110 Å². The molecular formula is C12H17N5S. The van der Waals surface area contributed by atoms with Gasteiger partial charge >= 0.3 is 0 Å². The fourth-order valence-corrected chi connectivity index (χ4v) is 3.62. The first-order valence-corrected chi connectivity index (χ1v) is 7.43. The smallest absolute Gasteiger partial charge is 0.214 e. The Morgan fingerprint density at radius 2 is 2.28 bits per heavy atom. The molecule has 2 fully saturated rings. The van der Waals surface area contributed by atoms with Crippen molar-refractivity contribution in [1.29, 1.82) is 0 Å². The first-order valence-electron chi connectivity index (χ1n) is 6.61. The van der Waals surface area contributed by atoms with E-state index in [2.05, 4.69) is 20.3 Å². The Morgan fingerprint density at radius 1 is 1.39 bits per heavy atom. The highest BCUT2D eigenvalue weighted by atomic mass is 32.1. The molecule has 0 bridgehead atoms. The number of imidazole rings is 1. The lowest BCUT2D eigenvalue weighted by atomic mass is 10.3. The molecule has 1 saturated heterocycles. The molecule has 0 amide bonds. The van der Waals surface area contributed by atoms with Crippen molar-refractivity contribution in [1.82, 2.24) is 19.5 Å². The predicted molar refractivity (Wildman–Crippen MR) is 72.2 cm³/mol. The lowest BCUT2D eigenvalue weighted by Gasteiger charge is -2.14. The molecule has 3 heterocycles. The quantitative estimate of drug-likeness (QED) is 0.916. The standard InChI is InChI=1S/C12H17N5S/c1-8-6-17-12(13-8)18-11(15-17)14-9-4-5-16(7-9)10-2-3-10/h6,9-10H,2-5,7H2,1H3,(H,14,15)/t9-/m0/s1. The van der Waals surface area contributed by atoms with Crippen LogP contribution in [0.2, 0.25) is 0 Å². The maximum Gasteiger partial charge on any atom is 0.214 e. The number of aromatic nitrogens is 3. The van der Waals surface area contributed by atoms with Crippen LogP contribution in [0, 0.1) is 6.92 Å². The van der Waals surface area contributed by atoms with E-state index in [1.165, 1.54) is 32.4 Å². The van der Waals surface area contributed by atoms with Crippen LogP contribution in [-0.4, -0.2) is 44.7 Å². The lowest BCUT2D eigenvalue weighted by molar-refractivity contribution is 0.326. The largest absolute Gasteiger partial charge is 0.356 e. The van der Waals surface area contributed by atoms with Crippen molar-refractivity contribution in [3.05, 3.63) is 11.9 Å². The van der Waals surface area contributed by atoms with Crippen LogP contribution < -0.4 is 5.32 Å². The van der Waals surface area contributed by atoms with Gasteiger partial charge in [0.05, 0.1) is 11.9 Å². The van der Waals surface area contributed by atoms with Crippen molar-refractivity contribution in [2.75, 3.05) is 18.4 Å². The van der Waals surface area contributed by atoms with E-state index >= 15 is 0 Å². The summed E-state index contributed by atoms with van der Waals surface area (Å²) < 4.78 is 1.87. The van der Waals surface area contributed by atoms with Crippen LogP contribution in [0.3, 0.4) is 0 Å². The third-order valence-electron chi connectivity index (χ3n) is 3.77. The van der Waals surface area contributed by atoms with Crippen LogP contribution in [-0.2, 0) is 0 Å². The van der Waals surface area contributed by atoms with Gasteiger partial charge in [0.1, 0.15) is 0 Å². The summed E-state index contributed by atoms with van der Waals surface area (Å²) in [6.45, 7) is 4.41. The average Bonchev–Trinajstić information content (AvgIpc) is 2.83. The number of hydrogen-bond donors (Lipinski definition) is 1. The molecule has 2 aromatic heterocycles. The number of nitrogens with zero attached hydrogens (tertiary/aromatic N) is 4. The van der Waals surface area contributed by atoms with Gasteiger partial charge in [-0.2, -0.15) is 0 Å². The number of aryl methyl sites for hydroxylation is 1. The van der Waals surface area contributed by atoms with Gasteiger partial charge in [-0.15, -0.1) is 5.10 Å². The van der Waals surface area contributed by atoms with E-state index in [1.54, 1.807) is 11.3 Å². The molecule has 96 valence electrons. The Hall–Kier alpha value is -1.14. The molecule has 2 aromatic rings. The highest BCUT2D eigenvalue weighted by Crippen LogP contribution is 2.31. The van der Waals surface area contributed by atoms with Gasteiger partial charge in [0.2, 0.25) is 10.1 Å². The van der Waals surface area contributed by atoms with E-state index in [0.29, 0.717) is 6.04 Å². The van der Waals surface area contributed by atoms with Gasteiger partial charge in [0.25, 0.3) is 0 Å². The van der Waals surface area contributed by atoms with Crippen molar-refractivity contribution >= 4 is 21.4 Å². The lowest BCUT2D eigenvalue weighted by Crippen LogP contribution is -2.27. The highest BCUT2D eigenvalue weighted by Gasteiger charge is 2.34. The SMILES string of the molecule is Cc1cn2nc(N[C@H]3CCN(C4CC4)C3)sc2n1. The summed E-state index contributed by atoms with van der Waals surface area (Å²) in [4.78, 5) is 8.02. The molecule has 1 aliphatic heterocycles. The Balaban J connectivity index is 1.45. The fourth-order valence-electron chi connectivity index (χ4n) is 2.72. The van der Waals surface area contributed by atoms with Gasteiger partial charge in [0.15, 0.2) is 0 Å². The topological polar surface area (TPSA) is 45.5 Å². The molecule has 2 aliphatic rings. The zero-order chi connectivity index (χ0) is 12.1. The zero-order valence-electron chi connectivity index (χ0n) is 10.5. The van der Waals surface area contributed by atoms with E-state index in [-0.39, 0.29) is 0 Å². The summed E-state index contributed by atoms with van der Waals surface area (Å²) in [7, 11) is 0. The number of fused-ring (bicyclic) bond motifs is 1. The van der Waals surface area contributed by atoms with E-state index in [4.69, 9.17) is 0 Å². The minimum Gasteiger partial charge on any atom is -0.356 e. The monoisotopic (exact) mass is 263 g/mol. The molecule has 1 atom stereocenters. The molecule has 0 unspecified atom stereocenters. The normalized spacial score (nSPS) is 25.1. The summed E-state index contributed by atoms with van der Waals surface area (Å²) in [6, 6.07) is 1.44. The average molecular weight is 263 g/mol.